The van der Waals surface area contributed by atoms with Gasteiger partial charge in [-0.05, 0) is 19.8 Å². The van der Waals surface area contributed by atoms with Gasteiger partial charge in [0.1, 0.15) is 0 Å². The minimum atomic E-state index is -0.127. The van der Waals surface area contributed by atoms with Crippen LogP contribution in [0.4, 0.5) is 0 Å². The number of nitrogens with zero attached hydrogens (tertiary/aromatic N) is 1. The average molecular weight is 198 g/mol. The maximum atomic E-state index is 11.5. The zero-order valence-electron chi connectivity index (χ0n) is 8.82. The van der Waals surface area contributed by atoms with E-state index in [0.29, 0.717) is 13.0 Å². The van der Waals surface area contributed by atoms with Gasteiger partial charge >= 0.3 is 0 Å². The lowest BCUT2D eigenvalue weighted by molar-refractivity contribution is -0.139. The molecule has 2 N–H and O–H groups in total. The lowest BCUT2D eigenvalue weighted by atomic mass is 10.1. The molecule has 0 radical (unpaired) electrons. The molecule has 2 amide bonds. The maximum Gasteiger partial charge on any atom is 0.232 e. The van der Waals surface area contributed by atoms with E-state index in [-0.39, 0.29) is 23.8 Å². The van der Waals surface area contributed by atoms with E-state index in [1.54, 1.807) is 6.92 Å². The molecule has 2 unspecified atom stereocenters. The molecule has 0 saturated carbocycles. The van der Waals surface area contributed by atoms with Crippen LogP contribution in [0.1, 0.15) is 33.1 Å². The van der Waals surface area contributed by atoms with Gasteiger partial charge in [-0.1, -0.05) is 6.92 Å². The van der Waals surface area contributed by atoms with E-state index in [1.807, 2.05) is 6.92 Å². The van der Waals surface area contributed by atoms with E-state index >= 15 is 0 Å². The van der Waals surface area contributed by atoms with Gasteiger partial charge in [-0.3, -0.25) is 14.5 Å². The van der Waals surface area contributed by atoms with E-state index in [0.717, 1.165) is 12.8 Å². The third-order valence-corrected chi connectivity index (χ3v) is 2.51. The molecule has 14 heavy (non-hydrogen) atoms. The standard InChI is InChI=1S/C10H18N2O2/c1-7-6-9(13)12(10(7)14)5-3-4-8(2)11/h7-8H,3-6,11H2,1-2H3. The van der Waals surface area contributed by atoms with Crippen LogP contribution >= 0.6 is 0 Å². The molecule has 1 fully saturated rings. The molecule has 0 aromatic heterocycles. The monoisotopic (exact) mass is 198 g/mol. The molecule has 0 aliphatic carbocycles. The maximum absolute atomic E-state index is 11.5. The van der Waals surface area contributed by atoms with Crippen molar-refractivity contribution < 1.29 is 9.59 Å². The quantitative estimate of drug-likeness (QED) is 0.669. The molecular formula is C10H18N2O2. The molecule has 2 atom stereocenters. The fraction of sp³-hybridized carbons (Fsp3) is 0.800. The van der Waals surface area contributed by atoms with E-state index in [9.17, 15) is 9.59 Å². The van der Waals surface area contributed by atoms with E-state index in [1.165, 1.54) is 4.90 Å². The molecule has 1 rings (SSSR count). The van der Waals surface area contributed by atoms with Crippen molar-refractivity contribution in [3.8, 4) is 0 Å². The minimum absolute atomic E-state index is 0.0281. The molecule has 80 valence electrons. The Labute approximate surface area is 84.4 Å². The molecule has 1 saturated heterocycles. The van der Waals surface area contributed by atoms with E-state index in [4.69, 9.17) is 5.73 Å². The first-order valence-electron chi connectivity index (χ1n) is 5.12. The Kier molecular flexibility index (Phi) is 3.63. The normalized spacial score (nSPS) is 24.5. The van der Waals surface area contributed by atoms with Crippen LogP contribution in [0.15, 0.2) is 0 Å². The van der Waals surface area contributed by atoms with Crippen LogP contribution in [-0.2, 0) is 9.59 Å². The predicted molar refractivity (Wildman–Crippen MR) is 53.4 cm³/mol. The smallest absolute Gasteiger partial charge is 0.232 e. The number of nitrogens with two attached hydrogens (primary N) is 1. The molecule has 1 aliphatic rings. The van der Waals surface area contributed by atoms with Crippen LogP contribution in [0.3, 0.4) is 0 Å². The van der Waals surface area contributed by atoms with Gasteiger partial charge in [-0.15, -0.1) is 0 Å². The highest BCUT2D eigenvalue weighted by Crippen LogP contribution is 2.19. The van der Waals surface area contributed by atoms with Crippen molar-refractivity contribution in [1.82, 2.24) is 4.90 Å². The first kappa shape index (κ1) is 11.2. The molecule has 0 spiro atoms. The predicted octanol–water partition coefficient (Wildman–Crippen LogP) is 0.509. The average Bonchev–Trinajstić information content (AvgIpc) is 2.31. The van der Waals surface area contributed by atoms with Crippen LogP contribution < -0.4 is 5.73 Å². The van der Waals surface area contributed by atoms with Crippen molar-refractivity contribution in [3.63, 3.8) is 0 Å². The highest BCUT2D eigenvalue weighted by molar-refractivity contribution is 6.03. The number of hydrogen-bond acceptors (Lipinski definition) is 3. The highest BCUT2D eigenvalue weighted by Gasteiger charge is 2.34. The summed E-state index contributed by atoms with van der Waals surface area (Å²) in [6, 6.07) is 0.139. The Morgan fingerprint density at radius 1 is 1.57 bits per heavy atom. The highest BCUT2D eigenvalue weighted by atomic mass is 16.2. The third-order valence-electron chi connectivity index (χ3n) is 2.51. The van der Waals surface area contributed by atoms with Crippen LogP contribution in [0.25, 0.3) is 0 Å². The molecule has 1 heterocycles. The van der Waals surface area contributed by atoms with Gasteiger partial charge in [-0.2, -0.15) is 0 Å². The van der Waals surface area contributed by atoms with Crippen molar-refractivity contribution in [2.45, 2.75) is 39.2 Å². The van der Waals surface area contributed by atoms with E-state index in [2.05, 4.69) is 0 Å². The Balaban J connectivity index is 2.37. The number of carbonyl (C=O) groups is 2. The third kappa shape index (κ3) is 2.54. The molecule has 4 heteroatoms. The first-order valence-corrected chi connectivity index (χ1v) is 5.12. The molecule has 4 nitrogen and oxygen atoms in total. The van der Waals surface area contributed by atoms with Gasteiger partial charge < -0.3 is 5.73 Å². The fourth-order valence-electron chi connectivity index (χ4n) is 1.65. The van der Waals surface area contributed by atoms with E-state index < -0.39 is 0 Å². The summed E-state index contributed by atoms with van der Waals surface area (Å²) in [6.07, 6.45) is 2.03. The van der Waals surface area contributed by atoms with Gasteiger partial charge in [0.05, 0.1) is 0 Å². The number of likely N-dealkylation sites (tertiary alicyclic amines) is 1. The summed E-state index contributed by atoms with van der Waals surface area (Å²) >= 11 is 0. The van der Waals surface area contributed by atoms with Crippen molar-refractivity contribution in [2.75, 3.05) is 6.54 Å². The van der Waals surface area contributed by atoms with Crippen LogP contribution in [0, 0.1) is 5.92 Å². The van der Waals surface area contributed by atoms with Crippen molar-refractivity contribution >= 4 is 11.8 Å². The first-order chi connectivity index (χ1) is 6.52. The van der Waals surface area contributed by atoms with Gasteiger partial charge in [-0.25, -0.2) is 0 Å². The number of rotatable bonds is 4. The number of hydrogen-bond donors (Lipinski definition) is 1. The van der Waals surface area contributed by atoms with Gasteiger partial charge in [0, 0.05) is 24.9 Å². The molecule has 0 aromatic rings. The van der Waals surface area contributed by atoms with Crippen molar-refractivity contribution in [1.29, 1.82) is 0 Å². The zero-order valence-corrected chi connectivity index (χ0v) is 8.82. The second kappa shape index (κ2) is 4.55. The largest absolute Gasteiger partial charge is 0.328 e. The summed E-state index contributed by atoms with van der Waals surface area (Å²) in [5.74, 6) is -0.190. The minimum Gasteiger partial charge on any atom is -0.328 e. The Morgan fingerprint density at radius 3 is 2.64 bits per heavy atom. The van der Waals surface area contributed by atoms with Crippen LogP contribution in [0.5, 0.6) is 0 Å². The SMILES string of the molecule is CC(N)CCCN1C(=O)CC(C)C1=O. The second-order valence-corrected chi connectivity index (χ2v) is 4.11. The number of imide groups is 1. The molecular weight excluding hydrogens is 180 g/mol. The van der Waals surface area contributed by atoms with Crippen LogP contribution in [0.2, 0.25) is 0 Å². The number of carbonyl (C=O) groups excluding carboxylic acids is 2. The summed E-state index contributed by atoms with van der Waals surface area (Å²) in [5.41, 5.74) is 5.59. The lowest BCUT2D eigenvalue weighted by Crippen LogP contribution is -2.32. The summed E-state index contributed by atoms with van der Waals surface area (Å²) in [4.78, 5) is 24.2. The van der Waals surface area contributed by atoms with Crippen LogP contribution in [-0.4, -0.2) is 29.3 Å². The van der Waals surface area contributed by atoms with Gasteiger partial charge in [0.25, 0.3) is 0 Å². The van der Waals surface area contributed by atoms with Crippen molar-refractivity contribution in [3.05, 3.63) is 0 Å². The Hall–Kier alpha value is -0.900. The van der Waals surface area contributed by atoms with Gasteiger partial charge in [0.15, 0.2) is 0 Å². The fourth-order valence-corrected chi connectivity index (χ4v) is 1.65. The summed E-state index contributed by atoms with van der Waals surface area (Å²) in [7, 11) is 0. The Bertz CT molecular complexity index is 238. The van der Waals surface area contributed by atoms with Gasteiger partial charge in [0.2, 0.25) is 11.8 Å². The number of amides is 2. The molecule has 0 bridgehead atoms. The molecule has 1 aliphatic heterocycles. The zero-order chi connectivity index (χ0) is 10.7. The Morgan fingerprint density at radius 2 is 2.21 bits per heavy atom. The second-order valence-electron chi connectivity index (χ2n) is 4.11. The summed E-state index contributed by atoms with van der Waals surface area (Å²) < 4.78 is 0. The summed E-state index contributed by atoms with van der Waals surface area (Å²) in [6.45, 7) is 4.26. The van der Waals surface area contributed by atoms with Crippen molar-refractivity contribution in [2.24, 2.45) is 11.7 Å². The summed E-state index contributed by atoms with van der Waals surface area (Å²) in [5, 5.41) is 0. The topological polar surface area (TPSA) is 63.4 Å². The molecule has 0 aromatic carbocycles. The lowest BCUT2D eigenvalue weighted by Gasteiger charge is -2.14.